The van der Waals surface area contributed by atoms with Gasteiger partial charge in [-0.2, -0.15) is 0 Å². The zero-order valence-electron chi connectivity index (χ0n) is 9.29. The quantitative estimate of drug-likeness (QED) is 0.835. The summed E-state index contributed by atoms with van der Waals surface area (Å²) in [5.41, 5.74) is 0. The van der Waals surface area contributed by atoms with Gasteiger partial charge in [0.1, 0.15) is 5.76 Å². The minimum absolute atomic E-state index is 0.318. The average molecular weight is 244 g/mol. The lowest BCUT2D eigenvalue weighted by molar-refractivity contribution is 0.192. The second-order valence-electron chi connectivity index (χ2n) is 4.47. The molecule has 1 aliphatic rings. The number of halogens is 1. The van der Waals surface area contributed by atoms with Crippen molar-refractivity contribution >= 4 is 11.6 Å². The predicted molar refractivity (Wildman–Crippen MR) is 63.3 cm³/mol. The number of rotatable bonds is 5. The van der Waals surface area contributed by atoms with E-state index in [0.717, 1.165) is 18.7 Å². The van der Waals surface area contributed by atoms with Crippen molar-refractivity contribution in [2.24, 2.45) is 11.8 Å². The first-order valence-electron chi connectivity index (χ1n) is 5.85. The Bertz CT molecular complexity index is 327. The Hall–Kier alpha value is -0.510. The molecule has 1 aromatic rings. The Kier molecular flexibility index (Phi) is 4.27. The molecule has 1 aromatic heterocycles. The molecule has 1 aliphatic carbocycles. The van der Waals surface area contributed by atoms with Crippen LogP contribution in [-0.4, -0.2) is 18.3 Å². The first-order valence-corrected chi connectivity index (χ1v) is 6.23. The van der Waals surface area contributed by atoms with Crippen LogP contribution in [0.5, 0.6) is 0 Å². The zero-order valence-corrected chi connectivity index (χ0v) is 10.0. The molecule has 16 heavy (non-hydrogen) atoms. The fourth-order valence-electron chi connectivity index (χ4n) is 2.45. The Morgan fingerprint density at radius 2 is 2.19 bits per heavy atom. The number of hydrogen-bond acceptors (Lipinski definition) is 3. The van der Waals surface area contributed by atoms with Gasteiger partial charge in [0, 0.05) is 6.61 Å². The summed E-state index contributed by atoms with van der Waals surface area (Å²) in [6.07, 6.45) is 3.62. The smallest absolute Gasteiger partial charge is 0.193 e. The lowest BCUT2D eigenvalue weighted by Crippen LogP contribution is -2.26. The Morgan fingerprint density at radius 1 is 1.38 bits per heavy atom. The van der Waals surface area contributed by atoms with Crippen molar-refractivity contribution in [1.82, 2.24) is 5.32 Å². The van der Waals surface area contributed by atoms with Crippen LogP contribution in [0.25, 0.3) is 0 Å². The van der Waals surface area contributed by atoms with E-state index in [9.17, 15) is 5.11 Å². The molecule has 3 nitrogen and oxygen atoms in total. The maximum atomic E-state index is 9.19. The van der Waals surface area contributed by atoms with Gasteiger partial charge in [-0.15, -0.1) is 0 Å². The molecule has 2 unspecified atom stereocenters. The van der Waals surface area contributed by atoms with Crippen LogP contribution < -0.4 is 5.32 Å². The minimum atomic E-state index is 0.318. The van der Waals surface area contributed by atoms with Crippen LogP contribution in [0, 0.1) is 11.8 Å². The predicted octanol–water partition coefficient (Wildman–Crippen LogP) is 2.43. The van der Waals surface area contributed by atoms with Crippen LogP contribution in [0.4, 0.5) is 0 Å². The fraction of sp³-hybridized carbons (Fsp3) is 0.667. The lowest BCUT2D eigenvalue weighted by atomic mass is 9.97. The van der Waals surface area contributed by atoms with Gasteiger partial charge in [-0.3, -0.25) is 0 Å². The van der Waals surface area contributed by atoms with E-state index in [1.807, 2.05) is 6.07 Å². The summed E-state index contributed by atoms with van der Waals surface area (Å²) in [5, 5.41) is 13.0. The number of aliphatic hydroxyl groups is 1. The van der Waals surface area contributed by atoms with Gasteiger partial charge in [0.15, 0.2) is 5.22 Å². The number of hydrogen-bond donors (Lipinski definition) is 2. The molecule has 0 aliphatic heterocycles. The highest BCUT2D eigenvalue weighted by Crippen LogP contribution is 2.30. The summed E-state index contributed by atoms with van der Waals surface area (Å²) >= 11 is 5.68. The molecule has 1 saturated carbocycles. The first-order chi connectivity index (χ1) is 7.79. The van der Waals surface area contributed by atoms with Crippen LogP contribution in [0.2, 0.25) is 5.22 Å². The highest BCUT2D eigenvalue weighted by molar-refractivity contribution is 6.28. The molecule has 0 amide bonds. The van der Waals surface area contributed by atoms with Crippen LogP contribution in [0.1, 0.15) is 25.0 Å². The monoisotopic (exact) mass is 243 g/mol. The molecular formula is C12H18ClNO2. The van der Waals surface area contributed by atoms with E-state index in [-0.39, 0.29) is 0 Å². The standard InChI is InChI=1S/C12H18ClNO2/c13-12-5-4-11(16-12)7-14-6-9-2-1-3-10(9)8-15/h4-5,9-10,14-15H,1-3,6-8H2. The summed E-state index contributed by atoms with van der Waals surface area (Å²) in [5.74, 6) is 1.95. The van der Waals surface area contributed by atoms with Gasteiger partial charge in [-0.25, -0.2) is 0 Å². The van der Waals surface area contributed by atoms with Gasteiger partial charge >= 0.3 is 0 Å². The summed E-state index contributed by atoms with van der Waals surface area (Å²) in [6, 6.07) is 3.64. The van der Waals surface area contributed by atoms with Gasteiger partial charge in [0.25, 0.3) is 0 Å². The molecule has 0 radical (unpaired) electrons. The summed E-state index contributed by atoms with van der Waals surface area (Å²) in [6.45, 7) is 1.98. The molecule has 1 heterocycles. The molecule has 2 atom stereocenters. The molecule has 2 N–H and O–H groups in total. The Balaban J connectivity index is 1.71. The minimum Gasteiger partial charge on any atom is -0.448 e. The van der Waals surface area contributed by atoms with Crippen molar-refractivity contribution in [1.29, 1.82) is 0 Å². The van der Waals surface area contributed by atoms with Crippen molar-refractivity contribution < 1.29 is 9.52 Å². The molecule has 0 bridgehead atoms. The summed E-state index contributed by atoms with van der Waals surface area (Å²) in [7, 11) is 0. The van der Waals surface area contributed by atoms with E-state index >= 15 is 0 Å². The molecular weight excluding hydrogens is 226 g/mol. The third-order valence-electron chi connectivity index (χ3n) is 3.39. The van der Waals surface area contributed by atoms with E-state index in [1.165, 1.54) is 12.8 Å². The van der Waals surface area contributed by atoms with Crippen LogP contribution in [-0.2, 0) is 6.54 Å². The maximum absolute atomic E-state index is 9.19. The van der Waals surface area contributed by atoms with Gasteiger partial charge in [0.2, 0.25) is 0 Å². The number of furan rings is 1. The third-order valence-corrected chi connectivity index (χ3v) is 3.59. The van der Waals surface area contributed by atoms with Crippen molar-refractivity contribution in [2.45, 2.75) is 25.8 Å². The second kappa shape index (κ2) is 5.71. The molecule has 0 saturated heterocycles. The molecule has 1 fully saturated rings. The van der Waals surface area contributed by atoms with Crippen LogP contribution in [0.3, 0.4) is 0 Å². The fourth-order valence-corrected chi connectivity index (χ4v) is 2.61. The van der Waals surface area contributed by atoms with Crippen molar-refractivity contribution in [3.8, 4) is 0 Å². The average Bonchev–Trinajstić information content (AvgIpc) is 2.87. The SMILES string of the molecule is OCC1CCCC1CNCc1ccc(Cl)o1. The highest BCUT2D eigenvalue weighted by Gasteiger charge is 2.25. The van der Waals surface area contributed by atoms with E-state index in [0.29, 0.717) is 30.2 Å². The van der Waals surface area contributed by atoms with Gasteiger partial charge < -0.3 is 14.8 Å². The van der Waals surface area contributed by atoms with Crippen LogP contribution in [0.15, 0.2) is 16.5 Å². The molecule has 90 valence electrons. The van der Waals surface area contributed by atoms with Crippen LogP contribution >= 0.6 is 11.6 Å². The van der Waals surface area contributed by atoms with Crippen molar-refractivity contribution in [3.05, 3.63) is 23.1 Å². The van der Waals surface area contributed by atoms with Crippen molar-refractivity contribution in [3.63, 3.8) is 0 Å². The summed E-state index contributed by atoms with van der Waals surface area (Å²) in [4.78, 5) is 0. The molecule has 2 rings (SSSR count). The summed E-state index contributed by atoms with van der Waals surface area (Å²) < 4.78 is 5.25. The Labute approximate surface area is 101 Å². The first kappa shape index (κ1) is 12.0. The zero-order chi connectivity index (χ0) is 11.4. The molecule has 4 heteroatoms. The number of aliphatic hydroxyl groups excluding tert-OH is 1. The van der Waals surface area contributed by atoms with Gasteiger partial charge in [0.05, 0.1) is 6.54 Å². The normalized spacial score (nSPS) is 25.1. The molecule has 0 spiro atoms. The maximum Gasteiger partial charge on any atom is 0.193 e. The van der Waals surface area contributed by atoms with E-state index in [1.54, 1.807) is 6.07 Å². The third kappa shape index (κ3) is 3.00. The van der Waals surface area contributed by atoms with Gasteiger partial charge in [-0.05, 0) is 55.0 Å². The van der Waals surface area contributed by atoms with E-state index in [4.69, 9.17) is 16.0 Å². The topological polar surface area (TPSA) is 45.4 Å². The largest absolute Gasteiger partial charge is 0.448 e. The number of nitrogens with one attached hydrogen (secondary N) is 1. The second-order valence-corrected chi connectivity index (χ2v) is 4.84. The van der Waals surface area contributed by atoms with Crippen molar-refractivity contribution in [2.75, 3.05) is 13.2 Å². The van der Waals surface area contributed by atoms with E-state index < -0.39 is 0 Å². The Morgan fingerprint density at radius 3 is 2.88 bits per heavy atom. The lowest BCUT2D eigenvalue weighted by Gasteiger charge is -2.17. The highest BCUT2D eigenvalue weighted by atomic mass is 35.5. The van der Waals surface area contributed by atoms with Gasteiger partial charge in [-0.1, -0.05) is 6.42 Å². The van der Waals surface area contributed by atoms with E-state index in [2.05, 4.69) is 5.32 Å². The molecule has 0 aromatic carbocycles.